The molecule has 0 atom stereocenters. The third kappa shape index (κ3) is 2.61. The first-order valence-corrected chi connectivity index (χ1v) is 9.50. The number of hydrogen-bond donors (Lipinski definition) is 1. The van der Waals surface area contributed by atoms with Crippen LogP contribution >= 0.6 is 0 Å². The van der Waals surface area contributed by atoms with Crippen molar-refractivity contribution in [3.05, 3.63) is 65.9 Å². The molecule has 1 saturated carbocycles. The fraction of sp³-hybridized carbons (Fsp3) is 0.318. The number of fused-ring (bicyclic) bond motifs is 3. The van der Waals surface area contributed by atoms with Crippen LogP contribution in [0.2, 0.25) is 0 Å². The number of H-pyrrole nitrogens is 1. The summed E-state index contributed by atoms with van der Waals surface area (Å²) in [6, 6.07) is 11.8. The second kappa shape index (κ2) is 6.27. The predicted molar refractivity (Wildman–Crippen MR) is 103 cm³/mol. The molecule has 0 spiro atoms. The molecule has 0 unspecified atom stereocenters. The third-order valence-corrected chi connectivity index (χ3v) is 5.70. The lowest BCUT2D eigenvalue weighted by Gasteiger charge is -2.27. The summed E-state index contributed by atoms with van der Waals surface area (Å²) in [5, 5.41) is 2.39. The molecular weight excluding hydrogens is 325 g/mol. The second-order valence-corrected chi connectivity index (χ2v) is 7.40. The van der Waals surface area contributed by atoms with Crippen molar-refractivity contribution in [1.82, 2.24) is 14.5 Å². The van der Waals surface area contributed by atoms with Crippen LogP contribution in [0, 0.1) is 5.82 Å². The van der Waals surface area contributed by atoms with Gasteiger partial charge in [0.25, 0.3) is 0 Å². The molecule has 5 rings (SSSR count). The number of aromatic nitrogens is 3. The molecule has 3 heterocycles. The average molecular weight is 347 g/mol. The van der Waals surface area contributed by atoms with E-state index in [1.165, 1.54) is 54.1 Å². The third-order valence-electron chi connectivity index (χ3n) is 5.70. The van der Waals surface area contributed by atoms with Crippen LogP contribution in [0.5, 0.6) is 0 Å². The lowest BCUT2D eigenvalue weighted by molar-refractivity contribution is 0.356. The maximum atomic E-state index is 13.3. The number of aromatic amines is 1. The number of nitrogens with zero attached hydrogens (tertiary/aromatic N) is 2. The molecule has 0 radical (unpaired) electrons. The molecule has 26 heavy (non-hydrogen) atoms. The van der Waals surface area contributed by atoms with Gasteiger partial charge in [-0.25, -0.2) is 9.37 Å². The first kappa shape index (κ1) is 15.6. The highest BCUT2D eigenvalue weighted by atomic mass is 19.1. The van der Waals surface area contributed by atoms with Gasteiger partial charge in [-0.05, 0) is 42.7 Å². The van der Waals surface area contributed by atoms with Gasteiger partial charge in [0.2, 0.25) is 0 Å². The van der Waals surface area contributed by atoms with Crippen molar-refractivity contribution >= 4 is 21.9 Å². The smallest absolute Gasteiger partial charge is 0.139 e. The van der Waals surface area contributed by atoms with E-state index in [0.29, 0.717) is 6.04 Å². The van der Waals surface area contributed by atoms with Gasteiger partial charge >= 0.3 is 0 Å². The summed E-state index contributed by atoms with van der Waals surface area (Å²) in [6.07, 6.45) is 11.1. The molecule has 1 N–H and O–H groups in total. The SMILES string of the molecule is Fc1ccc(Cc2cc3cnc4[nH]ccc4c3n2C2CCCCC2)cc1. The van der Waals surface area contributed by atoms with Gasteiger partial charge in [-0.1, -0.05) is 31.4 Å². The van der Waals surface area contributed by atoms with E-state index in [9.17, 15) is 4.39 Å². The molecule has 0 amide bonds. The summed E-state index contributed by atoms with van der Waals surface area (Å²) < 4.78 is 15.8. The molecule has 3 nitrogen and oxygen atoms in total. The second-order valence-electron chi connectivity index (χ2n) is 7.40. The molecule has 1 aromatic carbocycles. The van der Waals surface area contributed by atoms with Crippen LogP contribution in [0.1, 0.15) is 49.4 Å². The molecule has 0 aliphatic heterocycles. The summed E-state index contributed by atoms with van der Waals surface area (Å²) in [6.45, 7) is 0. The van der Waals surface area contributed by atoms with Crippen LogP contribution in [-0.2, 0) is 6.42 Å². The molecule has 3 aromatic heterocycles. The Hall–Kier alpha value is -2.62. The number of halogens is 1. The minimum atomic E-state index is -0.181. The maximum Gasteiger partial charge on any atom is 0.139 e. The van der Waals surface area contributed by atoms with E-state index in [-0.39, 0.29) is 5.82 Å². The fourth-order valence-electron chi connectivity index (χ4n) is 4.48. The van der Waals surface area contributed by atoms with Crippen LogP contribution in [0.15, 0.2) is 48.8 Å². The Bertz CT molecular complexity index is 1050. The normalized spacial score (nSPS) is 15.9. The van der Waals surface area contributed by atoms with Crippen molar-refractivity contribution < 1.29 is 4.39 Å². The van der Waals surface area contributed by atoms with E-state index in [4.69, 9.17) is 0 Å². The molecule has 1 aliphatic carbocycles. The van der Waals surface area contributed by atoms with Crippen molar-refractivity contribution in [3.63, 3.8) is 0 Å². The maximum absolute atomic E-state index is 13.3. The highest BCUT2D eigenvalue weighted by molar-refractivity contribution is 6.03. The molecule has 4 aromatic rings. The van der Waals surface area contributed by atoms with Gasteiger partial charge in [0.15, 0.2) is 0 Å². The van der Waals surface area contributed by atoms with Gasteiger partial charge in [0, 0.05) is 41.3 Å². The first-order valence-electron chi connectivity index (χ1n) is 9.50. The van der Waals surface area contributed by atoms with Crippen molar-refractivity contribution in [3.8, 4) is 0 Å². The van der Waals surface area contributed by atoms with Gasteiger partial charge in [0.05, 0.1) is 5.52 Å². The molecule has 1 fully saturated rings. The van der Waals surface area contributed by atoms with Gasteiger partial charge < -0.3 is 9.55 Å². The largest absolute Gasteiger partial charge is 0.346 e. The Labute approximate surface area is 151 Å². The van der Waals surface area contributed by atoms with Crippen LogP contribution in [0.4, 0.5) is 4.39 Å². The summed E-state index contributed by atoms with van der Waals surface area (Å²) in [7, 11) is 0. The summed E-state index contributed by atoms with van der Waals surface area (Å²) in [4.78, 5) is 7.81. The van der Waals surface area contributed by atoms with E-state index < -0.39 is 0 Å². The molecule has 0 saturated heterocycles. The zero-order valence-corrected chi connectivity index (χ0v) is 14.7. The van der Waals surface area contributed by atoms with Crippen molar-refractivity contribution in [1.29, 1.82) is 0 Å². The molecule has 132 valence electrons. The van der Waals surface area contributed by atoms with Gasteiger partial charge in [-0.3, -0.25) is 0 Å². The predicted octanol–water partition coefficient (Wildman–Crippen LogP) is 5.75. The highest BCUT2D eigenvalue weighted by Crippen LogP contribution is 2.36. The summed E-state index contributed by atoms with van der Waals surface area (Å²) in [5.74, 6) is -0.181. The summed E-state index contributed by atoms with van der Waals surface area (Å²) in [5.41, 5.74) is 4.68. The van der Waals surface area contributed by atoms with Gasteiger partial charge in [-0.15, -0.1) is 0 Å². The van der Waals surface area contributed by atoms with Crippen molar-refractivity contribution in [2.75, 3.05) is 0 Å². The minimum Gasteiger partial charge on any atom is -0.346 e. The average Bonchev–Trinajstić information content (AvgIpc) is 3.28. The topological polar surface area (TPSA) is 33.6 Å². The Morgan fingerprint density at radius 3 is 2.69 bits per heavy atom. The lowest BCUT2D eigenvalue weighted by Crippen LogP contribution is -2.15. The van der Waals surface area contributed by atoms with Crippen LogP contribution in [0.25, 0.3) is 21.9 Å². The number of nitrogens with one attached hydrogen (secondary N) is 1. The Morgan fingerprint density at radius 1 is 1.08 bits per heavy atom. The van der Waals surface area contributed by atoms with E-state index in [1.807, 2.05) is 24.5 Å². The van der Waals surface area contributed by atoms with E-state index in [2.05, 4.69) is 26.7 Å². The first-order chi connectivity index (χ1) is 12.8. The molecule has 0 bridgehead atoms. The van der Waals surface area contributed by atoms with Gasteiger partial charge in [0.1, 0.15) is 11.5 Å². The van der Waals surface area contributed by atoms with E-state index in [1.54, 1.807) is 12.1 Å². The van der Waals surface area contributed by atoms with Gasteiger partial charge in [-0.2, -0.15) is 0 Å². The number of pyridine rings is 1. The molecule has 4 heteroatoms. The number of hydrogen-bond acceptors (Lipinski definition) is 1. The molecule has 1 aliphatic rings. The van der Waals surface area contributed by atoms with E-state index >= 15 is 0 Å². The fourth-order valence-corrected chi connectivity index (χ4v) is 4.48. The number of benzene rings is 1. The Kier molecular flexibility index (Phi) is 3.77. The van der Waals surface area contributed by atoms with Crippen molar-refractivity contribution in [2.24, 2.45) is 0 Å². The zero-order valence-electron chi connectivity index (χ0n) is 14.7. The quantitative estimate of drug-likeness (QED) is 0.503. The minimum absolute atomic E-state index is 0.181. The highest BCUT2D eigenvalue weighted by Gasteiger charge is 2.22. The Morgan fingerprint density at radius 2 is 1.88 bits per heavy atom. The van der Waals surface area contributed by atoms with Crippen LogP contribution in [-0.4, -0.2) is 14.5 Å². The standard InChI is InChI=1S/C22H22FN3/c23-17-8-6-15(7-9-17)12-19-13-16-14-25-22-20(10-11-24-22)21(16)26(19)18-4-2-1-3-5-18/h6-11,13-14,18H,1-5,12H2,(H,24,25). The molecular formula is C22H22FN3. The van der Waals surface area contributed by atoms with Crippen LogP contribution < -0.4 is 0 Å². The monoisotopic (exact) mass is 347 g/mol. The zero-order chi connectivity index (χ0) is 17.5. The van der Waals surface area contributed by atoms with Crippen LogP contribution in [0.3, 0.4) is 0 Å². The van der Waals surface area contributed by atoms with Crippen molar-refractivity contribution in [2.45, 2.75) is 44.6 Å². The summed E-state index contributed by atoms with van der Waals surface area (Å²) >= 11 is 0. The number of rotatable bonds is 3. The Balaban J connectivity index is 1.69. The van der Waals surface area contributed by atoms with E-state index in [0.717, 1.165) is 17.6 Å². The lowest BCUT2D eigenvalue weighted by atomic mass is 9.94.